The van der Waals surface area contributed by atoms with Gasteiger partial charge < -0.3 is 15.0 Å². The lowest BCUT2D eigenvalue weighted by molar-refractivity contribution is -0.121. The number of rotatable bonds is 11. The van der Waals surface area contributed by atoms with Gasteiger partial charge in [0.2, 0.25) is 5.91 Å². The summed E-state index contributed by atoms with van der Waals surface area (Å²) in [5.41, 5.74) is 2.00. The normalized spacial score (nSPS) is 11.1. The van der Waals surface area contributed by atoms with Crippen LogP contribution >= 0.6 is 0 Å². The van der Waals surface area contributed by atoms with Gasteiger partial charge in [-0.15, -0.1) is 0 Å². The van der Waals surface area contributed by atoms with E-state index >= 15 is 0 Å². The lowest BCUT2D eigenvalue weighted by atomic mass is 9.90. The third-order valence-electron chi connectivity index (χ3n) is 4.52. The third-order valence-corrected chi connectivity index (χ3v) is 4.52. The highest BCUT2D eigenvalue weighted by Crippen LogP contribution is 2.24. The van der Waals surface area contributed by atoms with Crippen LogP contribution in [-0.4, -0.2) is 50.2 Å². The predicted molar refractivity (Wildman–Crippen MR) is 106 cm³/mol. The van der Waals surface area contributed by atoms with E-state index in [1.807, 2.05) is 60.7 Å². The average molecular weight is 354 g/mol. The largest absolute Gasteiger partial charge is 0.378 e. The molecule has 0 bridgehead atoms. The molecule has 0 unspecified atom stereocenters. The zero-order valence-corrected chi connectivity index (χ0v) is 15.9. The molecule has 0 spiro atoms. The number of hydrogen-bond donors (Lipinski definition) is 1. The van der Waals surface area contributed by atoms with Crippen molar-refractivity contribution in [3.63, 3.8) is 0 Å². The number of carbonyl (C=O) groups excluding carboxylic acids is 1. The zero-order chi connectivity index (χ0) is 18.6. The van der Waals surface area contributed by atoms with Crippen LogP contribution in [0.2, 0.25) is 0 Å². The van der Waals surface area contributed by atoms with Crippen LogP contribution in [-0.2, 0) is 9.53 Å². The van der Waals surface area contributed by atoms with Gasteiger partial charge in [-0.25, -0.2) is 0 Å². The molecule has 0 atom stereocenters. The number of benzene rings is 2. The van der Waals surface area contributed by atoms with Gasteiger partial charge in [0, 0.05) is 13.1 Å². The molecule has 1 N–H and O–H groups in total. The number of likely N-dealkylation sites (N-methyl/N-ethyl adjacent to an activating group) is 1. The van der Waals surface area contributed by atoms with E-state index < -0.39 is 0 Å². The fraction of sp³-hybridized carbons (Fsp3) is 0.409. The Bertz CT molecular complexity index is 588. The van der Waals surface area contributed by atoms with E-state index in [2.05, 4.69) is 24.1 Å². The molecule has 4 heteroatoms. The second kappa shape index (κ2) is 11.4. The maximum absolute atomic E-state index is 12.8. The molecule has 2 rings (SSSR count). The minimum atomic E-state index is -0.298. The maximum atomic E-state index is 12.8. The number of nitrogens with zero attached hydrogens (tertiary/aromatic N) is 1. The van der Waals surface area contributed by atoms with Gasteiger partial charge in [0.15, 0.2) is 0 Å². The Morgan fingerprint density at radius 2 is 1.46 bits per heavy atom. The summed E-state index contributed by atoms with van der Waals surface area (Å²) in [5, 5.41) is 3.02. The van der Waals surface area contributed by atoms with Gasteiger partial charge >= 0.3 is 0 Å². The van der Waals surface area contributed by atoms with E-state index in [1.165, 1.54) is 0 Å². The first-order valence-corrected chi connectivity index (χ1v) is 9.44. The molecule has 0 saturated heterocycles. The topological polar surface area (TPSA) is 41.6 Å². The van der Waals surface area contributed by atoms with Gasteiger partial charge in [-0.05, 0) is 24.2 Å². The monoisotopic (exact) mass is 354 g/mol. The Morgan fingerprint density at radius 3 is 1.96 bits per heavy atom. The Balaban J connectivity index is 1.86. The molecule has 1 amide bonds. The Hall–Kier alpha value is -2.17. The van der Waals surface area contributed by atoms with Crippen molar-refractivity contribution in [1.29, 1.82) is 0 Å². The van der Waals surface area contributed by atoms with Gasteiger partial charge in [-0.2, -0.15) is 0 Å². The second-order valence-corrected chi connectivity index (χ2v) is 6.18. The summed E-state index contributed by atoms with van der Waals surface area (Å²) in [7, 11) is 0. The summed E-state index contributed by atoms with van der Waals surface area (Å²) < 4.78 is 5.65. The Kier molecular flexibility index (Phi) is 8.87. The smallest absolute Gasteiger partial charge is 0.232 e. The molecule has 0 heterocycles. The molecule has 0 aliphatic heterocycles. The molecule has 26 heavy (non-hydrogen) atoms. The van der Waals surface area contributed by atoms with Crippen molar-refractivity contribution >= 4 is 5.91 Å². The molecule has 4 nitrogen and oxygen atoms in total. The number of nitrogens with one attached hydrogen (secondary N) is 1. The van der Waals surface area contributed by atoms with E-state index in [-0.39, 0.29) is 11.8 Å². The highest BCUT2D eigenvalue weighted by Gasteiger charge is 2.21. The molecule has 140 valence electrons. The number of hydrogen-bond acceptors (Lipinski definition) is 3. The number of ether oxygens (including phenoxy) is 1. The summed E-state index contributed by atoms with van der Waals surface area (Å²) in [6.07, 6.45) is 0. The summed E-state index contributed by atoms with van der Waals surface area (Å²) in [5.74, 6) is -0.289. The molecule has 0 fully saturated rings. The number of carbonyl (C=O) groups is 1. The van der Waals surface area contributed by atoms with Gasteiger partial charge in [0.25, 0.3) is 0 Å². The van der Waals surface area contributed by atoms with Crippen molar-refractivity contribution in [2.45, 2.75) is 19.8 Å². The van der Waals surface area contributed by atoms with Crippen LogP contribution in [0.4, 0.5) is 0 Å². The lowest BCUT2D eigenvalue weighted by Gasteiger charge is -2.19. The van der Waals surface area contributed by atoms with Crippen LogP contribution in [0.5, 0.6) is 0 Å². The summed E-state index contributed by atoms with van der Waals surface area (Å²) >= 11 is 0. The van der Waals surface area contributed by atoms with Crippen LogP contribution in [0.3, 0.4) is 0 Å². The highest BCUT2D eigenvalue weighted by atomic mass is 16.5. The van der Waals surface area contributed by atoms with Gasteiger partial charge in [-0.3, -0.25) is 4.79 Å². The standard InChI is InChI=1S/C22H30N2O2/c1-3-24(4-2)16-18-26-17-15-23-22(25)21(19-11-7-5-8-12-19)20-13-9-6-10-14-20/h5-14,21H,3-4,15-18H2,1-2H3,(H,23,25). The second-order valence-electron chi connectivity index (χ2n) is 6.18. The van der Waals surface area contributed by atoms with Gasteiger partial charge in [0.05, 0.1) is 19.1 Å². The van der Waals surface area contributed by atoms with E-state index in [9.17, 15) is 4.79 Å². The van der Waals surface area contributed by atoms with Crippen molar-refractivity contribution in [1.82, 2.24) is 10.2 Å². The number of amides is 1. The van der Waals surface area contributed by atoms with Gasteiger partial charge in [0.1, 0.15) is 0 Å². The van der Waals surface area contributed by atoms with Crippen LogP contribution < -0.4 is 5.32 Å². The summed E-state index contributed by atoms with van der Waals surface area (Å²) in [4.78, 5) is 15.1. The minimum absolute atomic E-state index is 0.00902. The first kappa shape index (κ1) is 20.1. The first-order valence-electron chi connectivity index (χ1n) is 9.44. The van der Waals surface area contributed by atoms with E-state index in [1.54, 1.807) is 0 Å². The van der Waals surface area contributed by atoms with Gasteiger partial charge in [-0.1, -0.05) is 74.5 Å². The molecule has 0 radical (unpaired) electrons. The van der Waals surface area contributed by atoms with Crippen LogP contribution in [0.1, 0.15) is 30.9 Å². The highest BCUT2D eigenvalue weighted by molar-refractivity contribution is 5.87. The molecule has 2 aromatic rings. The molecule has 0 aromatic heterocycles. The van der Waals surface area contributed by atoms with Crippen molar-refractivity contribution in [3.8, 4) is 0 Å². The molecular formula is C22H30N2O2. The SMILES string of the molecule is CCN(CC)CCOCCNC(=O)C(c1ccccc1)c1ccccc1. The van der Waals surface area contributed by atoms with E-state index in [4.69, 9.17) is 4.74 Å². The van der Waals surface area contributed by atoms with Crippen LogP contribution in [0.15, 0.2) is 60.7 Å². The first-order chi connectivity index (χ1) is 12.8. The van der Waals surface area contributed by atoms with Crippen molar-refractivity contribution in [3.05, 3.63) is 71.8 Å². The predicted octanol–water partition coefficient (Wildman–Crippen LogP) is 3.29. The Labute approximate surface area is 157 Å². The molecular weight excluding hydrogens is 324 g/mol. The fourth-order valence-electron chi connectivity index (χ4n) is 2.97. The molecule has 0 aliphatic carbocycles. The minimum Gasteiger partial charge on any atom is -0.378 e. The van der Waals surface area contributed by atoms with Crippen molar-refractivity contribution in [2.24, 2.45) is 0 Å². The maximum Gasteiger partial charge on any atom is 0.232 e. The van der Waals surface area contributed by atoms with Crippen molar-refractivity contribution < 1.29 is 9.53 Å². The van der Waals surface area contributed by atoms with Crippen LogP contribution in [0.25, 0.3) is 0 Å². The average Bonchev–Trinajstić information content (AvgIpc) is 2.69. The third kappa shape index (κ3) is 6.28. The summed E-state index contributed by atoms with van der Waals surface area (Å²) in [6.45, 7) is 9.04. The summed E-state index contributed by atoms with van der Waals surface area (Å²) in [6, 6.07) is 19.8. The molecule has 0 saturated carbocycles. The lowest BCUT2D eigenvalue weighted by Crippen LogP contribution is -2.33. The van der Waals surface area contributed by atoms with E-state index in [0.717, 1.165) is 30.8 Å². The molecule has 2 aromatic carbocycles. The fourth-order valence-corrected chi connectivity index (χ4v) is 2.97. The molecule has 0 aliphatic rings. The van der Waals surface area contributed by atoms with Crippen LogP contribution in [0, 0.1) is 0 Å². The zero-order valence-electron chi connectivity index (χ0n) is 15.9. The quantitative estimate of drug-likeness (QED) is 0.630. The Morgan fingerprint density at radius 1 is 0.923 bits per heavy atom. The van der Waals surface area contributed by atoms with E-state index in [0.29, 0.717) is 19.8 Å². The van der Waals surface area contributed by atoms with Crippen molar-refractivity contribution in [2.75, 3.05) is 39.4 Å².